The van der Waals surface area contributed by atoms with Crippen molar-refractivity contribution in [3.8, 4) is 0 Å². The third-order valence-corrected chi connectivity index (χ3v) is 5.62. The normalized spacial score (nSPS) is 54.1. The summed E-state index contributed by atoms with van der Waals surface area (Å²) in [5.41, 5.74) is 1.54. The Morgan fingerprint density at radius 3 is 2.81 bits per heavy atom. The summed E-state index contributed by atoms with van der Waals surface area (Å²) in [5.74, 6) is 0.742. The summed E-state index contributed by atoms with van der Waals surface area (Å²) in [7, 11) is 0. The maximum atomic E-state index is 6.48. The molecule has 0 aromatic carbocycles. The molecule has 1 heteroatoms. The van der Waals surface area contributed by atoms with E-state index < -0.39 is 0 Å². The van der Waals surface area contributed by atoms with Gasteiger partial charge in [0, 0.05) is 5.41 Å². The smallest absolute Gasteiger partial charge is 0.0906 e. The zero-order valence-electron chi connectivity index (χ0n) is 10.7. The van der Waals surface area contributed by atoms with E-state index in [9.17, 15) is 0 Å². The predicted molar refractivity (Wildman–Crippen MR) is 66.2 cm³/mol. The second kappa shape index (κ2) is 2.81. The molecule has 2 aliphatic carbocycles. The molecule has 1 spiro atoms. The van der Waals surface area contributed by atoms with Crippen molar-refractivity contribution in [1.82, 2.24) is 0 Å². The lowest BCUT2D eigenvalue weighted by Gasteiger charge is -2.49. The van der Waals surface area contributed by atoms with E-state index in [-0.39, 0.29) is 11.2 Å². The zero-order valence-corrected chi connectivity index (χ0v) is 10.7. The van der Waals surface area contributed by atoms with Crippen molar-refractivity contribution in [2.45, 2.75) is 57.7 Å². The monoisotopic (exact) mass is 218 g/mol. The molecule has 3 rings (SSSR count). The number of hydrogen-bond acceptors (Lipinski definition) is 1. The number of hydrogen-bond donors (Lipinski definition) is 0. The summed E-state index contributed by atoms with van der Waals surface area (Å²) in [6.45, 7) is 11.0. The van der Waals surface area contributed by atoms with Gasteiger partial charge < -0.3 is 4.74 Å². The highest BCUT2D eigenvalue weighted by Crippen LogP contribution is 2.68. The van der Waals surface area contributed by atoms with Gasteiger partial charge in [-0.05, 0) is 51.0 Å². The molecule has 1 saturated heterocycles. The first-order valence-electron chi connectivity index (χ1n) is 6.48. The maximum Gasteiger partial charge on any atom is 0.0906 e. The van der Waals surface area contributed by atoms with Crippen molar-refractivity contribution in [1.29, 1.82) is 0 Å². The third-order valence-electron chi connectivity index (χ3n) is 5.62. The van der Waals surface area contributed by atoms with E-state index in [2.05, 4.69) is 39.5 Å². The third kappa shape index (κ3) is 0.964. The van der Waals surface area contributed by atoms with Crippen molar-refractivity contribution in [3.63, 3.8) is 0 Å². The van der Waals surface area contributed by atoms with E-state index in [1.807, 2.05) is 0 Å². The number of rotatable bonds is 1. The second-order valence-corrected chi connectivity index (χ2v) is 6.36. The Bertz CT molecular complexity index is 383. The molecule has 1 heterocycles. The van der Waals surface area contributed by atoms with Crippen LogP contribution < -0.4 is 0 Å². The van der Waals surface area contributed by atoms with Gasteiger partial charge >= 0.3 is 0 Å². The van der Waals surface area contributed by atoms with Crippen LogP contribution in [0.25, 0.3) is 0 Å². The molecule has 2 fully saturated rings. The van der Waals surface area contributed by atoms with E-state index in [0.717, 1.165) is 5.92 Å². The topological polar surface area (TPSA) is 9.23 Å². The van der Waals surface area contributed by atoms with Crippen molar-refractivity contribution < 1.29 is 4.74 Å². The summed E-state index contributed by atoms with van der Waals surface area (Å²) >= 11 is 0. The van der Waals surface area contributed by atoms with Gasteiger partial charge in [0.05, 0.1) is 11.2 Å². The fourth-order valence-corrected chi connectivity index (χ4v) is 4.41. The highest BCUT2D eigenvalue weighted by molar-refractivity contribution is 5.31. The van der Waals surface area contributed by atoms with Gasteiger partial charge in [-0.25, -0.2) is 0 Å². The van der Waals surface area contributed by atoms with Gasteiger partial charge in [-0.1, -0.05) is 25.7 Å². The SMILES string of the molecule is C=C(C)[C@]12CC[C@@]3(C1)[C@H](C)CC=C[C@]3(C)O2. The molecule has 4 atom stereocenters. The molecule has 0 radical (unpaired) electrons. The first-order chi connectivity index (χ1) is 7.44. The molecule has 2 bridgehead atoms. The molecule has 1 nitrogen and oxygen atoms in total. The number of ether oxygens (including phenoxy) is 1. The summed E-state index contributed by atoms with van der Waals surface area (Å²) in [4.78, 5) is 0. The molecule has 16 heavy (non-hydrogen) atoms. The van der Waals surface area contributed by atoms with Crippen LogP contribution in [0, 0.1) is 11.3 Å². The maximum absolute atomic E-state index is 6.48. The molecular formula is C15H22O. The standard InChI is InChI=1S/C15H22O/c1-11(2)15-9-8-14(10-15)12(3)6-5-7-13(14,4)16-15/h5,7,12H,1,6,8-10H2,2-4H3/t12-,13+,14-,15+/m1/s1. The van der Waals surface area contributed by atoms with Crippen LogP contribution in [0.1, 0.15) is 46.5 Å². The lowest BCUT2D eigenvalue weighted by atomic mass is 9.61. The quantitative estimate of drug-likeness (QED) is 0.607. The fraction of sp³-hybridized carbons (Fsp3) is 0.733. The Labute approximate surface area is 98.6 Å². The highest BCUT2D eigenvalue weighted by Gasteiger charge is 2.68. The first-order valence-corrected chi connectivity index (χ1v) is 6.48. The van der Waals surface area contributed by atoms with Crippen LogP contribution in [0.15, 0.2) is 24.3 Å². The van der Waals surface area contributed by atoms with E-state index in [4.69, 9.17) is 4.74 Å². The Hall–Kier alpha value is -0.560. The minimum atomic E-state index is -0.0398. The van der Waals surface area contributed by atoms with E-state index in [1.54, 1.807) is 0 Å². The predicted octanol–water partition coefficient (Wildman–Crippen LogP) is 3.86. The molecule has 3 aliphatic rings. The molecular weight excluding hydrogens is 196 g/mol. The molecule has 0 aromatic rings. The second-order valence-electron chi connectivity index (χ2n) is 6.36. The van der Waals surface area contributed by atoms with E-state index in [0.29, 0.717) is 5.41 Å². The van der Waals surface area contributed by atoms with Crippen LogP contribution >= 0.6 is 0 Å². The molecule has 0 amide bonds. The van der Waals surface area contributed by atoms with Gasteiger partial charge in [-0.2, -0.15) is 0 Å². The molecule has 0 aromatic heterocycles. The average molecular weight is 218 g/mol. The van der Waals surface area contributed by atoms with Gasteiger partial charge in [0.2, 0.25) is 0 Å². The van der Waals surface area contributed by atoms with Crippen LogP contribution in [-0.4, -0.2) is 11.2 Å². The molecule has 88 valence electrons. The summed E-state index contributed by atoms with van der Waals surface area (Å²) in [5, 5.41) is 0. The summed E-state index contributed by atoms with van der Waals surface area (Å²) in [6.07, 6.45) is 9.51. The van der Waals surface area contributed by atoms with Gasteiger partial charge in [-0.15, -0.1) is 0 Å². The Kier molecular flexibility index (Phi) is 1.86. The molecule has 0 N–H and O–H groups in total. The number of allylic oxidation sites excluding steroid dienone is 1. The average Bonchev–Trinajstić information content (AvgIpc) is 2.70. The van der Waals surface area contributed by atoms with Gasteiger partial charge in [-0.3, -0.25) is 0 Å². The van der Waals surface area contributed by atoms with Crippen molar-refractivity contribution in [2.75, 3.05) is 0 Å². The van der Waals surface area contributed by atoms with E-state index in [1.165, 1.54) is 31.3 Å². The minimum Gasteiger partial charge on any atom is -0.360 e. The van der Waals surface area contributed by atoms with Crippen molar-refractivity contribution in [3.05, 3.63) is 24.3 Å². The lowest BCUT2D eigenvalue weighted by Crippen LogP contribution is -2.49. The van der Waals surface area contributed by atoms with Crippen LogP contribution in [0.2, 0.25) is 0 Å². The Balaban J connectivity index is 2.10. The highest BCUT2D eigenvalue weighted by atomic mass is 16.5. The summed E-state index contributed by atoms with van der Waals surface area (Å²) < 4.78 is 6.48. The largest absolute Gasteiger partial charge is 0.360 e. The molecule has 0 unspecified atom stereocenters. The van der Waals surface area contributed by atoms with Crippen molar-refractivity contribution >= 4 is 0 Å². The van der Waals surface area contributed by atoms with Gasteiger partial charge in [0.1, 0.15) is 0 Å². The van der Waals surface area contributed by atoms with Gasteiger partial charge in [0.25, 0.3) is 0 Å². The lowest BCUT2D eigenvalue weighted by molar-refractivity contribution is -0.126. The zero-order chi connectivity index (χ0) is 11.6. The van der Waals surface area contributed by atoms with Crippen LogP contribution in [0.3, 0.4) is 0 Å². The van der Waals surface area contributed by atoms with Gasteiger partial charge in [0.15, 0.2) is 0 Å². The number of fused-ring (bicyclic) bond motifs is 1. The van der Waals surface area contributed by atoms with E-state index >= 15 is 0 Å². The Morgan fingerprint density at radius 2 is 2.19 bits per heavy atom. The fourth-order valence-electron chi connectivity index (χ4n) is 4.41. The van der Waals surface area contributed by atoms with Crippen LogP contribution in [-0.2, 0) is 4.74 Å². The summed E-state index contributed by atoms with van der Waals surface area (Å²) in [6, 6.07) is 0. The molecule has 1 aliphatic heterocycles. The van der Waals surface area contributed by atoms with Crippen LogP contribution in [0.4, 0.5) is 0 Å². The van der Waals surface area contributed by atoms with Crippen molar-refractivity contribution in [2.24, 2.45) is 11.3 Å². The first kappa shape index (κ1) is 10.6. The van der Waals surface area contributed by atoms with Crippen LogP contribution in [0.5, 0.6) is 0 Å². The Morgan fingerprint density at radius 1 is 1.44 bits per heavy atom. The molecule has 1 saturated carbocycles. The minimum absolute atomic E-state index is 0.0162.